The van der Waals surface area contributed by atoms with E-state index in [1.54, 1.807) is 20.8 Å². The molecule has 0 heterocycles. The van der Waals surface area contributed by atoms with Crippen molar-refractivity contribution in [2.24, 2.45) is 5.92 Å². The predicted octanol–water partition coefficient (Wildman–Crippen LogP) is 1.08. The van der Waals surface area contributed by atoms with Crippen LogP contribution in [0.2, 0.25) is 0 Å². The van der Waals surface area contributed by atoms with Gasteiger partial charge in [0.2, 0.25) is 14.7 Å². The molecule has 0 aliphatic heterocycles. The minimum atomic E-state index is -4.40. The Bertz CT molecular complexity index is 690. The van der Waals surface area contributed by atoms with Gasteiger partial charge in [-0.2, -0.15) is 0 Å². The molecule has 0 aliphatic carbocycles. The molecule has 26 heavy (non-hydrogen) atoms. The Balaban J connectivity index is 3.58. The van der Waals surface area contributed by atoms with E-state index in [4.69, 9.17) is 4.74 Å². The molecule has 0 saturated carbocycles. The average Bonchev–Trinajstić information content (AvgIpc) is 2.61. The minimum absolute atomic E-state index is 0.0412. The maximum Gasteiger partial charge on any atom is 0.282 e. The topological polar surface area (TPSA) is 125 Å². The Morgan fingerprint density at radius 1 is 1.27 bits per heavy atom. The summed E-state index contributed by atoms with van der Waals surface area (Å²) in [5.41, 5.74) is 1.40. The quantitative estimate of drug-likeness (QED) is 0.349. The van der Waals surface area contributed by atoms with Crippen LogP contribution in [0.25, 0.3) is 0 Å². The number of aliphatic hydroxyl groups excluding tert-OH is 1. The molecule has 0 aromatic heterocycles. The molecule has 0 spiro atoms. The van der Waals surface area contributed by atoms with Crippen LogP contribution < -0.4 is 15.5 Å². The van der Waals surface area contributed by atoms with Gasteiger partial charge >= 0.3 is 0 Å². The monoisotopic (exact) mass is 388 g/mol. The molecule has 1 amide bonds. The molecule has 0 fully saturated rings. The maximum atomic E-state index is 13.3. The van der Waals surface area contributed by atoms with E-state index < -0.39 is 26.7 Å². The second-order valence-electron chi connectivity index (χ2n) is 6.43. The van der Waals surface area contributed by atoms with Crippen LogP contribution in [0, 0.1) is 5.92 Å². The second kappa shape index (κ2) is 9.31. The van der Waals surface area contributed by atoms with E-state index in [-0.39, 0.29) is 23.8 Å². The van der Waals surface area contributed by atoms with E-state index in [1.807, 2.05) is 0 Å². The number of nitrogens with one attached hydrogen (secondary N) is 2. The first kappa shape index (κ1) is 22.4. The number of hydroxylamine groups is 1. The fourth-order valence-corrected chi connectivity index (χ4v) is 4.59. The summed E-state index contributed by atoms with van der Waals surface area (Å²) in [6.45, 7) is 5.54. The van der Waals surface area contributed by atoms with Gasteiger partial charge in [-0.1, -0.05) is 20.8 Å². The SMILES string of the molecule is CCCN[C@](C(=O)NO)(C(O)CC(C)C)S(=O)(=O)c1ccc(OC)cc1. The summed E-state index contributed by atoms with van der Waals surface area (Å²) >= 11 is 0. The molecule has 1 aromatic rings. The normalized spacial score (nSPS) is 15.3. The number of sulfone groups is 1. The molecule has 1 aromatic carbocycles. The lowest BCUT2D eigenvalue weighted by molar-refractivity contribution is -0.136. The van der Waals surface area contributed by atoms with E-state index in [2.05, 4.69) is 5.32 Å². The van der Waals surface area contributed by atoms with Crippen LogP contribution in [0.15, 0.2) is 29.2 Å². The third-order valence-electron chi connectivity index (χ3n) is 4.03. The van der Waals surface area contributed by atoms with E-state index in [0.717, 1.165) is 0 Å². The van der Waals surface area contributed by atoms with Gasteiger partial charge in [-0.3, -0.25) is 15.3 Å². The molecule has 0 saturated heterocycles. The van der Waals surface area contributed by atoms with E-state index >= 15 is 0 Å². The zero-order valence-corrected chi connectivity index (χ0v) is 16.3. The molecular weight excluding hydrogens is 360 g/mol. The number of benzene rings is 1. The van der Waals surface area contributed by atoms with Gasteiger partial charge in [0, 0.05) is 0 Å². The smallest absolute Gasteiger partial charge is 0.282 e. The highest BCUT2D eigenvalue weighted by atomic mass is 32.2. The number of ether oxygens (including phenoxy) is 1. The highest BCUT2D eigenvalue weighted by Crippen LogP contribution is 2.31. The van der Waals surface area contributed by atoms with Crippen molar-refractivity contribution in [3.63, 3.8) is 0 Å². The van der Waals surface area contributed by atoms with Gasteiger partial charge < -0.3 is 9.84 Å². The number of hydrogen-bond acceptors (Lipinski definition) is 7. The molecule has 0 radical (unpaired) electrons. The first-order valence-corrected chi connectivity index (χ1v) is 9.91. The zero-order valence-electron chi connectivity index (χ0n) is 15.5. The molecule has 1 unspecified atom stereocenters. The minimum Gasteiger partial charge on any atom is -0.497 e. The van der Waals surface area contributed by atoms with Crippen molar-refractivity contribution in [3.8, 4) is 5.75 Å². The first-order chi connectivity index (χ1) is 12.2. The van der Waals surface area contributed by atoms with E-state index in [0.29, 0.717) is 12.2 Å². The Hall–Kier alpha value is -1.68. The van der Waals surface area contributed by atoms with Crippen LogP contribution in [0.5, 0.6) is 5.75 Å². The van der Waals surface area contributed by atoms with Crippen molar-refractivity contribution in [1.29, 1.82) is 0 Å². The lowest BCUT2D eigenvalue weighted by atomic mass is 9.98. The second-order valence-corrected chi connectivity index (χ2v) is 8.55. The maximum absolute atomic E-state index is 13.3. The summed E-state index contributed by atoms with van der Waals surface area (Å²) in [6, 6.07) is 5.48. The highest BCUT2D eigenvalue weighted by molar-refractivity contribution is 7.93. The number of aliphatic hydroxyl groups is 1. The van der Waals surface area contributed by atoms with Crippen LogP contribution in [0.4, 0.5) is 0 Å². The summed E-state index contributed by atoms with van der Waals surface area (Å²) in [5, 5.41) is 22.6. The summed E-state index contributed by atoms with van der Waals surface area (Å²) in [4.78, 5) is 9.93. The lowest BCUT2D eigenvalue weighted by Gasteiger charge is -2.36. The van der Waals surface area contributed by atoms with Gasteiger partial charge in [0.15, 0.2) is 0 Å². The third kappa shape index (κ3) is 4.35. The van der Waals surface area contributed by atoms with Crippen molar-refractivity contribution < 1.29 is 28.3 Å². The Morgan fingerprint density at radius 3 is 2.27 bits per heavy atom. The van der Waals surface area contributed by atoms with Gasteiger partial charge in [0.25, 0.3) is 5.91 Å². The van der Waals surface area contributed by atoms with E-state index in [9.17, 15) is 23.5 Å². The Morgan fingerprint density at radius 2 is 1.85 bits per heavy atom. The largest absolute Gasteiger partial charge is 0.497 e. The number of amides is 1. The van der Waals surface area contributed by atoms with Crippen molar-refractivity contribution in [2.75, 3.05) is 13.7 Å². The van der Waals surface area contributed by atoms with Crippen LogP contribution in [-0.4, -0.2) is 49.3 Å². The lowest BCUT2D eigenvalue weighted by Crippen LogP contribution is -2.68. The van der Waals surface area contributed by atoms with Crippen LogP contribution >= 0.6 is 0 Å². The van der Waals surface area contributed by atoms with E-state index in [1.165, 1.54) is 36.9 Å². The highest BCUT2D eigenvalue weighted by Gasteiger charge is 2.56. The molecule has 0 aliphatic rings. The molecule has 1 rings (SSSR count). The number of rotatable bonds is 10. The number of hydrogen-bond donors (Lipinski definition) is 4. The molecule has 8 nitrogen and oxygen atoms in total. The predicted molar refractivity (Wildman–Crippen MR) is 96.6 cm³/mol. The molecule has 4 N–H and O–H groups in total. The summed E-state index contributed by atoms with van der Waals surface area (Å²) in [7, 11) is -2.96. The van der Waals surface area contributed by atoms with Crippen LogP contribution in [-0.2, 0) is 14.6 Å². The third-order valence-corrected chi connectivity index (χ3v) is 6.38. The molecule has 9 heteroatoms. The molecule has 2 atom stereocenters. The molecule has 0 bridgehead atoms. The average molecular weight is 388 g/mol. The Kier molecular flexibility index (Phi) is 8.01. The number of carbonyl (C=O) groups excluding carboxylic acids is 1. The fraction of sp³-hybridized carbons (Fsp3) is 0.588. The van der Waals surface area contributed by atoms with Crippen LogP contribution in [0.3, 0.4) is 0 Å². The van der Waals surface area contributed by atoms with Crippen molar-refractivity contribution in [1.82, 2.24) is 10.8 Å². The zero-order chi connectivity index (χ0) is 20.0. The fourth-order valence-electron chi connectivity index (χ4n) is 2.69. The van der Waals surface area contributed by atoms with Crippen molar-refractivity contribution in [3.05, 3.63) is 24.3 Å². The van der Waals surface area contributed by atoms with Gasteiger partial charge in [0.05, 0.1) is 18.1 Å². The van der Waals surface area contributed by atoms with Gasteiger partial charge in [-0.05, 0) is 49.6 Å². The first-order valence-electron chi connectivity index (χ1n) is 8.43. The van der Waals surface area contributed by atoms with Gasteiger partial charge in [-0.25, -0.2) is 13.9 Å². The van der Waals surface area contributed by atoms with Crippen LogP contribution in [0.1, 0.15) is 33.6 Å². The summed E-state index contributed by atoms with van der Waals surface area (Å²) < 4.78 is 31.7. The van der Waals surface area contributed by atoms with Crippen molar-refractivity contribution >= 4 is 15.7 Å². The number of carbonyl (C=O) groups is 1. The number of methoxy groups -OCH3 is 1. The molecular formula is C17H28N2O6S. The van der Waals surface area contributed by atoms with Gasteiger partial charge in [-0.15, -0.1) is 0 Å². The van der Waals surface area contributed by atoms with Crippen molar-refractivity contribution in [2.45, 2.75) is 49.5 Å². The molecule has 148 valence electrons. The summed E-state index contributed by atoms with van der Waals surface area (Å²) in [5.74, 6) is -0.856. The Labute approximate surface area is 154 Å². The summed E-state index contributed by atoms with van der Waals surface area (Å²) in [6.07, 6.45) is -1.01. The standard InChI is InChI=1S/C17H28N2O6S/c1-5-10-18-17(16(21)19-22,15(20)11-12(2)3)26(23,24)14-8-6-13(25-4)7-9-14/h6-9,12,15,18,20,22H,5,10-11H2,1-4H3,(H,19,21)/t15?,17-/m1/s1. The van der Waals surface area contributed by atoms with Gasteiger partial charge in [0.1, 0.15) is 5.75 Å².